The summed E-state index contributed by atoms with van der Waals surface area (Å²) in [4.78, 5) is 6.20. The Labute approximate surface area is 125 Å². The van der Waals surface area contributed by atoms with Crippen LogP contribution in [-0.4, -0.2) is 41.9 Å². The number of anilines is 1. The third kappa shape index (κ3) is 2.58. The molecular formula is C14H16BrFN4. The molecule has 6 heteroatoms. The van der Waals surface area contributed by atoms with E-state index < -0.39 is 6.17 Å². The molecule has 1 saturated heterocycles. The van der Waals surface area contributed by atoms with E-state index in [1.165, 1.54) is 0 Å². The van der Waals surface area contributed by atoms with E-state index in [9.17, 15) is 4.39 Å². The summed E-state index contributed by atoms with van der Waals surface area (Å²) in [7, 11) is 1.81. The van der Waals surface area contributed by atoms with Crippen molar-refractivity contribution < 1.29 is 4.39 Å². The zero-order valence-corrected chi connectivity index (χ0v) is 12.7. The van der Waals surface area contributed by atoms with Gasteiger partial charge in [0.25, 0.3) is 0 Å². The summed E-state index contributed by atoms with van der Waals surface area (Å²) in [6, 6.07) is 7.99. The van der Waals surface area contributed by atoms with Crippen LogP contribution in [0.5, 0.6) is 0 Å². The van der Waals surface area contributed by atoms with Gasteiger partial charge >= 0.3 is 0 Å². The molecule has 106 valence electrons. The highest BCUT2D eigenvalue weighted by Crippen LogP contribution is 2.23. The van der Waals surface area contributed by atoms with Crippen LogP contribution in [0.4, 0.5) is 10.1 Å². The topological polar surface area (TPSA) is 33.1 Å². The minimum absolute atomic E-state index is 0.0840. The summed E-state index contributed by atoms with van der Waals surface area (Å²) in [5.41, 5.74) is 2.08. The van der Waals surface area contributed by atoms with E-state index in [1.807, 2.05) is 35.0 Å². The molecule has 1 aromatic carbocycles. The van der Waals surface area contributed by atoms with E-state index in [-0.39, 0.29) is 6.04 Å². The average Bonchev–Trinajstić information content (AvgIpc) is 3.05. The highest BCUT2D eigenvalue weighted by Gasteiger charge is 2.31. The minimum atomic E-state index is -0.815. The fourth-order valence-corrected chi connectivity index (χ4v) is 2.83. The van der Waals surface area contributed by atoms with Gasteiger partial charge in [0, 0.05) is 24.1 Å². The summed E-state index contributed by atoms with van der Waals surface area (Å²) in [5.74, 6) is 0. The van der Waals surface area contributed by atoms with Crippen molar-refractivity contribution in [3.05, 3.63) is 41.4 Å². The fraction of sp³-hybridized carbons (Fsp3) is 0.357. The molecule has 20 heavy (non-hydrogen) atoms. The highest BCUT2D eigenvalue weighted by molar-refractivity contribution is 9.10. The number of nitrogens with one attached hydrogen (secondary N) is 1. The minimum Gasteiger partial charge on any atom is -0.367 e. The van der Waals surface area contributed by atoms with Crippen LogP contribution in [0.2, 0.25) is 0 Å². The molecule has 0 aliphatic carbocycles. The van der Waals surface area contributed by atoms with E-state index in [0.29, 0.717) is 13.1 Å². The van der Waals surface area contributed by atoms with Gasteiger partial charge in [-0.2, -0.15) is 0 Å². The molecule has 1 aliphatic heterocycles. The molecular weight excluding hydrogens is 323 g/mol. The quantitative estimate of drug-likeness (QED) is 0.932. The molecule has 2 heterocycles. The Hall–Kier alpha value is -1.40. The lowest BCUT2D eigenvalue weighted by Gasteiger charge is -2.18. The Bertz CT molecular complexity index is 583. The van der Waals surface area contributed by atoms with Crippen molar-refractivity contribution in [1.82, 2.24) is 14.9 Å². The number of halogens is 2. The molecule has 0 radical (unpaired) electrons. The number of rotatable bonds is 3. The Balaban J connectivity index is 1.77. The van der Waals surface area contributed by atoms with Crippen LogP contribution in [0.15, 0.2) is 41.4 Å². The predicted molar refractivity (Wildman–Crippen MR) is 81.2 cm³/mol. The predicted octanol–water partition coefficient (Wildman–Crippen LogP) is 2.38. The first-order chi connectivity index (χ1) is 9.67. The van der Waals surface area contributed by atoms with E-state index in [0.717, 1.165) is 16.0 Å². The van der Waals surface area contributed by atoms with Crippen LogP contribution in [-0.2, 0) is 0 Å². The Morgan fingerprint density at radius 2 is 1.95 bits per heavy atom. The molecule has 0 amide bonds. The standard InChI is InChI=1S/C14H16BrFN4/c1-17-13-7-19(6-12(13)16)10-2-4-11(5-3-10)20-8-14(15)18-9-20/h2-5,8-9,12-13,17H,6-7H2,1H3/t12-,13+/m1/s1. The second kappa shape index (κ2) is 5.54. The van der Waals surface area contributed by atoms with Crippen molar-refractivity contribution in [3.8, 4) is 5.69 Å². The van der Waals surface area contributed by atoms with Crippen molar-refractivity contribution in [3.63, 3.8) is 0 Å². The maximum atomic E-state index is 13.7. The van der Waals surface area contributed by atoms with Crippen molar-refractivity contribution in [2.24, 2.45) is 0 Å². The largest absolute Gasteiger partial charge is 0.367 e. The van der Waals surface area contributed by atoms with Gasteiger partial charge in [-0.1, -0.05) is 0 Å². The van der Waals surface area contributed by atoms with Gasteiger partial charge < -0.3 is 14.8 Å². The maximum absolute atomic E-state index is 13.7. The van der Waals surface area contributed by atoms with Crippen LogP contribution >= 0.6 is 15.9 Å². The molecule has 0 spiro atoms. The van der Waals surface area contributed by atoms with Crippen LogP contribution in [0, 0.1) is 0 Å². The maximum Gasteiger partial charge on any atom is 0.134 e. The average molecular weight is 339 g/mol. The first kappa shape index (κ1) is 13.6. The number of benzene rings is 1. The summed E-state index contributed by atoms with van der Waals surface area (Å²) in [5, 5.41) is 3.02. The third-order valence-corrected chi connectivity index (χ3v) is 4.09. The molecule has 1 aromatic heterocycles. The van der Waals surface area contributed by atoms with Crippen LogP contribution in [0.3, 0.4) is 0 Å². The SMILES string of the molecule is CN[C@H]1CN(c2ccc(-n3cnc(Br)c3)cc2)C[C@H]1F. The molecule has 0 bridgehead atoms. The van der Waals surface area contributed by atoms with Crippen molar-refractivity contribution in [2.45, 2.75) is 12.2 Å². The number of hydrogen-bond donors (Lipinski definition) is 1. The lowest BCUT2D eigenvalue weighted by Crippen LogP contribution is -2.34. The van der Waals surface area contributed by atoms with Crippen LogP contribution in [0.1, 0.15) is 0 Å². The molecule has 0 saturated carbocycles. The third-order valence-electron chi connectivity index (χ3n) is 3.68. The Kier molecular flexibility index (Phi) is 3.76. The Morgan fingerprint density at radius 3 is 2.50 bits per heavy atom. The smallest absolute Gasteiger partial charge is 0.134 e. The normalized spacial score (nSPS) is 22.4. The molecule has 3 rings (SSSR count). The van der Waals surface area contributed by atoms with Crippen molar-refractivity contribution in [1.29, 1.82) is 0 Å². The first-order valence-electron chi connectivity index (χ1n) is 6.53. The number of likely N-dealkylation sites (N-methyl/N-ethyl adjacent to an activating group) is 1. The van der Waals surface area contributed by atoms with Gasteiger partial charge in [0.05, 0.1) is 12.6 Å². The summed E-state index contributed by atoms with van der Waals surface area (Å²) in [6.07, 6.45) is 2.84. The lowest BCUT2D eigenvalue weighted by atomic mass is 10.2. The molecule has 2 aromatic rings. The van der Waals surface area contributed by atoms with E-state index in [4.69, 9.17) is 0 Å². The zero-order chi connectivity index (χ0) is 14.1. The Morgan fingerprint density at radius 1 is 1.25 bits per heavy atom. The lowest BCUT2D eigenvalue weighted by molar-refractivity contribution is 0.310. The van der Waals surface area contributed by atoms with E-state index >= 15 is 0 Å². The number of hydrogen-bond acceptors (Lipinski definition) is 3. The first-order valence-corrected chi connectivity index (χ1v) is 7.33. The molecule has 1 aliphatic rings. The molecule has 2 atom stereocenters. The van der Waals surface area contributed by atoms with E-state index in [1.54, 1.807) is 13.4 Å². The van der Waals surface area contributed by atoms with Gasteiger partial charge in [-0.05, 0) is 47.2 Å². The van der Waals surface area contributed by atoms with Gasteiger partial charge in [-0.15, -0.1) is 0 Å². The summed E-state index contributed by atoms with van der Waals surface area (Å²) in [6.45, 7) is 1.15. The van der Waals surface area contributed by atoms with E-state index in [2.05, 4.69) is 31.1 Å². The van der Waals surface area contributed by atoms with Crippen LogP contribution < -0.4 is 10.2 Å². The second-order valence-corrected chi connectivity index (χ2v) is 5.75. The van der Waals surface area contributed by atoms with Gasteiger partial charge in [0.15, 0.2) is 0 Å². The summed E-state index contributed by atoms with van der Waals surface area (Å²) < 4.78 is 16.5. The van der Waals surface area contributed by atoms with Gasteiger partial charge in [-0.25, -0.2) is 9.37 Å². The van der Waals surface area contributed by atoms with Gasteiger partial charge in [-0.3, -0.25) is 0 Å². The van der Waals surface area contributed by atoms with Crippen molar-refractivity contribution in [2.75, 3.05) is 25.0 Å². The monoisotopic (exact) mass is 338 g/mol. The number of imidazole rings is 1. The highest BCUT2D eigenvalue weighted by atomic mass is 79.9. The van der Waals surface area contributed by atoms with Gasteiger partial charge in [0.2, 0.25) is 0 Å². The number of aromatic nitrogens is 2. The van der Waals surface area contributed by atoms with Gasteiger partial charge in [0.1, 0.15) is 17.1 Å². The van der Waals surface area contributed by atoms with Crippen molar-refractivity contribution >= 4 is 21.6 Å². The molecule has 0 unspecified atom stereocenters. The molecule has 4 nitrogen and oxygen atoms in total. The van der Waals surface area contributed by atoms with Crippen LogP contribution in [0.25, 0.3) is 5.69 Å². The fourth-order valence-electron chi connectivity index (χ4n) is 2.52. The number of alkyl halides is 1. The molecule has 1 N–H and O–H groups in total. The zero-order valence-electron chi connectivity index (χ0n) is 11.1. The number of nitrogens with zero attached hydrogens (tertiary/aromatic N) is 3. The summed E-state index contributed by atoms with van der Waals surface area (Å²) >= 11 is 3.33. The molecule has 1 fully saturated rings. The second-order valence-electron chi connectivity index (χ2n) is 4.94.